The third-order valence-electron chi connectivity index (χ3n) is 3.88. The minimum absolute atomic E-state index is 0.672. The van der Waals surface area contributed by atoms with Gasteiger partial charge in [0.05, 0.1) is 12.1 Å². The number of benzene rings is 1. The van der Waals surface area contributed by atoms with Crippen molar-refractivity contribution in [3.8, 4) is 0 Å². The Labute approximate surface area is 120 Å². The smallest absolute Gasteiger partial charge is 0.122 e. The van der Waals surface area contributed by atoms with E-state index in [9.17, 15) is 0 Å². The first-order chi connectivity index (χ1) is 9.86. The monoisotopic (exact) mass is 272 g/mol. The van der Waals surface area contributed by atoms with Gasteiger partial charge in [0, 0.05) is 12.7 Å². The van der Waals surface area contributed by atoms with Crippen LogP contribution in [0.5, 0.6) is 0 Å². The van der Waals surface area contributed by atoms with Gasteiger partial charge in [-0.3, -0.25) is 0 Å². The van der Waals surface area contributed by atoms with E-state index in [0.717, 1.165) is 25.6 Å². The molecule has 1 aromatic carbocycles. The number of hydrogen-bond acceptors (Lipinski definition) is 2. The largest absolute Gasteiger partial charge is 0.360 e. The Hall–Kier alpha value is -1.32. The van der Waals surface area contributed by atoms with E-state index in [0.29, 0.717) is 6.73 Å². The van der Waals surface area contributed by atoms with E-state index in [4.69, 9.17) is 4.74 Å². The van der Waals surface area contributed by atoms with Crippen molar-refractivity contribution in [2.75, 3.05) is 13.2 Å². The van der Waals surface area contributed by atoms with Crippen LogP contribution >= 0.6 is 0 Å². The molecule has 1 aromatic heterocycles. The molecule has 0 amide bonds. The molecule has 1 aliphatic rings. The molecule has 0 atom stereocenters. The molecule has 1 fully saturated rings. The summed E-state index contributed by atoms with van der Waals surface area (Å²) in [7, 11) is 0. The van der Waals surface area contributed by atoms with E-state index < -0.39 is 0 Å². The summed E-state index contributed by atoms with van der Waals surface area (Å²) in [6, 6.07) is 8.85. The Bertz CT molecular complexity index is 557. The van der Waals surface area contributed by atoms with Gasteiger partial charge in [0.25, 0.3) is 0 Å². The summed E-state index contributed by atoms with van der Waals surface area (Å²) >= 11 is 0. The number of nitrogens with zero attached hydrogens (tertiary/aromatic N) is 1. The average Bonchev–Trinajstić information content (AvgIpc) is 3.20. The maximum Gasteiger partial charge on any atom is 0.122 e. The van der Waals surface area contributed by atoms with Crippen molar-refractivity contribution in [2.45, 2.75) is 39.5 Å². The molecule has 108 valence electrons. The molecule has 0 radical (unpaired) electrons. The summed E-state index contributed by atoms with van der Waals surface area (Å²) in [5.74, 6) is 0.825. The number of fused-ring (bicyclic) bond motifs is 1. The second-order valence-corrected chi connectivity index (χ2v) is 5.80. The lowest BCUT2D eigenvalue weighted by molar-refractivity contribution is 0.0718. The second-order valence-electron chi connectivity index (χ2n) is 5.80. The van der Waals surface area contributed by atoms with Crippen LogP contribution in [0.4, 0.5) is 0 Å². The van der Waals surface area contributed by atoms with Gasteiger partial charge in [-0.05, 0) is 54.8 Å². The molecule has 3 heteroatoms. The molecule has 3 rings (SSSR count). The number of rotatable bonds is 8. The normalized spacial score (nSPS) is 15.1. The quantitative estimate of drug-likeness (QED) is 0.744. The summed E-state index contributed by atoms with van der Waals surface area (Å²) in [5, 5.41) is 4.74. The minimum Gasteiger partial charge on any atom is -0.360 e. The fourth-order valence-corrected chi connectivity index (χ4v) is 2.46. The Morgan fingerprint density at radius 3 is 3.00 bits per heavy atom. The van der Waals surface area contributed by atoms with Gasteiger partial charge in [-0.15, -0.1) is 0 Å². The highest BCUT2D eigenvalue weighted by molar-refractivity contribution is 5.80. The van der Waals surface area contributed by atoms with Crippen LogP contribution in [0, 0.1) is 5.92 Å². The first-order valence-electron chi connectivity index (χ1n) is 7.73. The maximum atomic E-state index is 5.80. The molecule has 0 spiro atoms. The van der Waals surface area contributed by atoms with E-state index in [1.165, 1.54) is 35.7 Å². The first kappa shape index (κ1) is 13.7. The van der Waals surface area contributed by atoms with Gasteiger partial charge in [0.15, 0.2) is 0 Å². The lowest BCUT2D eigenvalue weighted by Gasteiger charge is -2.08. The fourth-order valence-electron chi connectivity index (χ4n) is 2.46. The van der Waals surface area contributed by atoms with Gasteiger partial charge in [0.1, 0.15) is 6.73 Å². The van der Waals surface area contributed by atoms with E-state index in [2.05, 4.69) is 47.3 Å². The zero-order valence-corrected chi connectivity index (χ0v) is 12.3. The van der Waals surface area contributed by atoms with Crippen molar-refractivity contribution in [3.63, 3.8) is 0 Å². The molecule has 1 N–H and O–H groups in total. The Morgan fingerprint density at radius 2 is 2.20 bits per heavy atom. The van der Waals surface area contributed by atoms with Crippen LogP contribution in [0.1, 0.15) is 31.7 Å². The Balaban J connectivity index is 1.65. The van der Waals surface area contributed by atoms with Gasteiger partial charge in [-0.25, -0.2) is 0 Å². The standard InChI is InChI=1S/C17H24N2O/c1-2-8-18-11-15-5-6-16-7-9-19(17(16)10-15)13-20-12-14-3-4-14/h5-7,9-10,14,18H,2-4,8,11-13H2,1H3. The van der Waals surface area contributed by atoms with Crippen molar-refractivity contribution in [2.24, 2.45) is 5.92 Å². The summed E-state index contributed by atoms with van der Waals surface area (Å²) in [5.41, 5.74) is 2.62. The van der Waals surface area contributed by atoms with E-state index in [-0.39, 0.29) is 0 Å². The average molecular weight is 272 g/mol. The van der Waals surface area contributed by atoms with Crippen LogP contribution < -0.4 is 5.32 Å². The summed E-state index contributed by atoms with van der Waals surface area (Å²) in [6.45, 7) is 5.79. The predicted molar refractivity (Wildman–Crippen MR) is 82.6 cm³/mol. The van der Waals surface area contributed by atoms with Crippen LogP contribution in [-0.2, 0) is 18.0 Å². The third kappa shape index (κ3) is 3.41. The van der Waals surface area contributed by atoms with Crippen molar-refractivity contribution in [1.82, 2.24) is 9.88 Å². The molecular formula is C17H24N2O. The van der Waals surface area contributed by atoms with Crippen molar-refractivity contribution >= 4 is 10.9 Å². The Morgan fingerprint density at radius 1 is 1.30 bits per heavy atom. The third-order valence-corrected chi connectivity index (χ3v) is 3.88. The van der Waals surface area contributed by atoms with Crippen LogP contribution in [0.25, 0.3) is 10.9 Å². The highest BCUT2D eigenvalue weighted by Gasteiger charge is 2.21. The van der Waals surface area contributed by atoms with Gasteiger partial charge in [0.2, 0.25) is 0 Å². The van der Waals surface area contributed by atoms with E-state index in [1.54, 1.807) is 0 Å². The van der Waals surface area contributed by atoms with Gasteiger partial charge >= 0.3 is 0 Å². The fraction of sp³-hybridized carbons (Fsp3) is 0.529. The highest BCUT2D eigenvalue weighted by atomic mass is 16.5. The molecule has 0 saturated heterocycles. The van der Waals surface area contributed by atoms with Crippen molar-refractivity contribution in [1.29, 1.82) is 0 Å². The molecule has 0 bridgehead atoms. The lowest BCUT2D eigenvalue weighted by atomic mass is 10.1. The summed E-state index contributed by atoms with van der Waals surface area (Å²) in [6.07, 6.45) is 5.99. The molecular weight excluding hydrogens is 248 g/mol. The topological polar surface area (TPSA) is 26.2 Å². The Kier molecular flexibility index (Phi) is 4.38. The molecule has 1 saturated carbocycles. The van der Waals surface area contributed by atoms with Gasteiger partial charge in [-0.2, -0.15) is 0 Å². The molecule has 1 heterocycles. The number of aromatic nitrogens is 1. The zero-order valence-electron chi connectivity index (χ0n) is 12.3. The van der Waals surface area contributed by atoms with Crippen LogP contribution in [-0.4, -0.2) is 17.7 Å². The number of ether oxygens (including phenoxy) is 1. The highest BCUT2D eigenvalue weighted by Crippen LogP contribution is 2.29. The minimum atomic E-state index is 0.672. The zero-order chi connectivity index (χ0) is 13.8. The molecule has 0 unspecified atom stereocenters. The number of nitrogens with one attached hydrogen (secondary N) is 1. The molecule has 1 aliphatic carbocycles. The van der Waals surface area contributed by atoms with Crippen LogP contribution in [0.3, 0.4) is 0 Å². The second kappa shape index (κ2) is 6.42. The van der Waals surface area contributed by atoms with Crippen molar-refractivity contribution < 1.29 is 4.74 Å². The van der Waals surface area contributed by atoms with Crippen molar-refractivity contribution in [3.05, 3.63) is 36.0 Å². The first-order valence-corrected chi connectivity index (χ1v) is 7.73. The maximum absolute atomic E-state index is 5.80. The van der Waals surface area contributed by atoms with Crippen LogP contribution in [0.2, 0.25) is 0 Å². The van der Waals surface area contributed by atoms with E-state index in [1.807, 2.05) is 0 Å². The lowest BCUT2D eigenvalue weighted by Crippen LogP contribution is -2.13. The molecule has 20 heavy (non-hydrogen) atoms. The molecule has 2 aromatic rings. The molecule has 3 nitrogen and oxygen atoms in total. The predicted octanol–water partition coefficient (Wildman–Crippen LogP) is 3.53. The summed E-state index contributed by atoms with van der Waals surface area (Å²) < 4.78 is 8.01. The van der Waals surface area contributed by atoms with E-state index >= 15 is 0 Å². The molecule has 0 aliphatic heterocycles. The van der Waals surface area contributed by atoms with Gasteiger partial charge in [-0.1, -0.05) is 19.1 Å². The number of hydrogen-bond donors (Lipinski definition) is 1. The SMILES string of the molecule is CCCNCc1ccc2ccn(COCC3CC3)c2c1. The van der Waals surface area contributed by atoms with Crippen LogP contribution in [0.15, 0.2) is 30.5 Å². The van der Waals surface area contributed by atoms with Gasteiger partial charge < -0.3 is 14.6 Å². The summed E-state index contributed by atoms with van der Waals surface area (Å²) in [4.78, 5) is 0.